The first-order valence-corrected chi connectivity index (χ1v) is 43.9. The lowest BCUT2D eigenvalue weighted by Gasteiger charge is -2.30. The minimum absolute atomic E-state index is 0.00958. The number of aryl methyl sites for hydroxylation is 1. The minimum Gasteiger partial charge on any atom is -0.508 e. The average Bonchev–Trinajstić information content (AvgIpc) is 1.23. The fourth-order valence-corrected chi connectivity index (χ4v) is 14.5. The highest BCUT2D eigenvalue weighted by atomic mass is 32.2. The van der Waals surface area contributed by atoms with Crippen LogP contribution in [0, 0.1) is 17.2 Å². The molecule has 3 aromatic carbocycles. The topological polar surface area (TPSA) is 644 Å². The average molecular weight is 1790 g/mol. The van der Waals surface area contributed by atoms with Crippen molar-refractivity contribution in [2.75, 3.05) is 18.1 Å². The van der Waals surface area contributed by atoms with E-state index in [1.807, 2.05) is 44.2 Å². The number of benzene rings is 3. The Morgan fingerprint density at radius 1 is 0.472 bits per heavy atom. The Labute approximate surface area is 741 Å². The van der Waals surface area contributed by atoms with Crippen molar-refractivity contribution in [3.8, 4) is 16.9 Å². The van der Waals surface area contributed by atoms with Crippen LogP contribution in [-0.4, -0.2) is 234 Å². The first-order valence-electron chi connectivity index (χ1n) is 42.8. The number of aromatic nitrogens is 2. The van der Waals surface area contributed by atoms with Crippen molar-refractivity contribution in [2.45, 2.75) is 268 Å². The highest BCUT2D eigenvalue weighted by Gasteiger charge is 2.40. The second-order valence-corrected chi connectivity index (χ2v) is 33.2. The highest BCUT2D eigenvalue weighted by molar-refractivity contribution is 8.00. The van der Waals surface area contributed by atoms with Crippen LogP contribution < -0.4 is 85.9 Å². The van der Waals surface area contributed by atoms with E-state index in [2.05, 4.69) is 84.4 Å². The van der Waals surface area contributed by atoms with E-state index in [4.69, 9.17) is 16.9 Å². The summed E-state index contributed by atoms with van der Waals surface area (Å²) >= 11 is 0.762. The number of nitrogens with two attached hydrogens (primary N) is 2. The summed E-state index contributed by atoms with van der Waals surface area (Å²) in [5.74, 6) is -21.9. The molecule has 0 bridgehead atoms. The van der Waals surface area contributed by atoms with Crippen molar-refractivity contribution in [1.29, 1.82) is 5.41 Å². The molecule has 2 heterocycles. The van der Waals surface area contributed by atoms with E-state index in [-0.39, 0.29) is 76.0 Å². The van der Waals surface area contributed by atoms with Gasteiger partial charge < -0.3 is 111 Å². The fraction of sp³-hybridized carbons (Fsp3) is 0.547. The third-order valence-electron chi connectivity index (χ3n) is 20.7. The Balaban J connectivity index is 1.66. The van der Waals surface area contributed by atoms with E-state index in [9.17, 15) is 87.5 Å². The number of aromatic hydroxyl groups is 1. The molecule has 41 heteroatoms. The maximum atomic E-state index is 15.2. The number of phenolic OH excluding ortho intramolecular Hbond substituents is 1. The van der Waals surface area contributed by atoms with Crippen LogP contribution in [0.3, 0.4) is 0 Å². The summed E-state index contributed by atoms with van der Waals surface area (Å²) in [5, 5.41) is 84.2. The second kappa shape index (κ2) is 54.9. The maximum Gasteiger partial charge on any atom is 0.305 e. The molecule has 14 amide bonds. The number of aliphatic carboxylic acids is 3. The monoisotopic (exact) mass is 1790 g/mol. The van der Waals surface area contributed by atoms with Gasteiger partial charge >= 0.3 is 17.9 Å². The molecule has 1 aromatic heterocycles. The number of nitrogens with zero attached hydrogens (tertiary/aromatic N) is 1. The predicted octanol–water partition coefficient (Wildman–Crippen LogP) is 0.865. The molecule has 127 heavy (non-hydrogen) atoms. The Hall–Kier alpha value is -12.7. The SMILES string of the molecule is CCCCCCC[C@@H]1NC(=O)[C@H](Cc2ccc(-c3ccccc3)cc2)NC(=O)[C@H](CC(C)C)NC(=O)[C@H](C(C)C)NC(=O)[C@H](CCC(=O)O)NC(=O)[C@H](CC(=O)O)NC(=O)[C@H](CCc2c[nH]cn2)NC(=O)[C@H](Cc2ccc(O)cc2)NC(=O)[C@H](CCCCC)NC(=O)[C@H](CCCNC(=N)N)NC(=O)[C@H](C)NC(=O)CSC[C@@H](C(N)=O)NC(=O)[C@H](CCC(=O)O)NC1=O. The number of carboxylic acids is 3. The number of carboxylic acid groups (broad SMARTS) is 3. The van der Waals surface area contributed by atoms with Gasteiger partial charge in [0.15, 0.2) is 5.96 Å². The first kappa shape index (κ1) is 105. The molecule has 1 aliphatic rings. The van der Waals surface area contributed by atoms with E-state index in [0.717, 1.165) is 35.7 Å². The van der Waals surface area contributed by atoms with Gasteiger partial charge in [-0.1, -0.05) is 160 Å². The molecule has 4 aromatic rings. The van der Waals surface area contributed by atoms with Crippen LogP contribution in [0.2, 0.25) is 0 Å². The molecule has 696 valence electrons. The van der Waals surface area contributed by atoms with Crippen molar-refractivity contribution in [1.82, 2.24) is 84.4 Å². The van der Waals surface area contributed by atoms with Crippen LogP contribution >= 0.6 is 11.8 Å². The standard InChI is InChI=1S/C86H125N19O21S/c1-8-10-12-13-18-23-58-75(116)97-61(35-37-69(108)109)79(120)104-67(73(87)114)45-127-46-68(107)93-50(7)74(115)94-59(24-19-39-91-86(88)89)76(117)95-57(22-15-11-9-2)77(118)100-64(42-52-27-32-56(106)33-28-52)83(124)98-60(34-31-55-44-90-47-92-55)78(119)102-66(43-71(112)113)84(125)99-62(36-38-70(110)111)80(121)105-72(49(5)6)85(126)103-63(40-48(3)4)81(122)101-65(82(123)96-58)41-51-25-29-54(30-26-51)53-20-16-14-17-21-53/h14,16-17,20-21,25-30,32-33,44,47-50,57-67,72,106H,8-13,15,18-19,22-24,31,34-43,45-46H2,1-7H3,(H2,87,114)(H,90,92)(H,93,107)(H,94,115)(H,95,117)(H,96,123)(H,97,116)(H,98,124)(H,99,125)(H,100,118)(H,101,122)(H,102,119)(H,103,126)(H,104,120)(H,105,121)(H,108,109)(H,110,111)(H,112,113)(H4,88,89,91)/t50-,57-,58-,59-,60-,61-,62-,63-,64-,65-,66-,67-,72-/m0/s1. The first-order chi connectivity index (χ1) is 60.3. The lowest BCUT2D eigenvalue weighted by Crippen LogP contribution is -2.62. The second-order valence-electron chi connectivity index (χ2n) is 32.1. The zero-order valence-electron chi connectivity index (χ0n) is 72.7. The van der Waals surface area contributed by atoms with Crippen molar-refractivity contribution in [3.05, 3.63) is 108 Å². The van der Waals surface area contributed by atoms with Gasteiger partial charge in [0.05, 0.1) is 24.2 Å². The van der Waals surface area contributed by atoms with Gasteiger partial charge in [-0.3, -0.25) is 86.9 Å². The molecule has 0 aliphatic carbocycles. The van der Waals surface area contributed by atoms with Crippen LogP contribution in [0.15, 0.2) is 91.4 Å². The molecule has 0 radical (unpaired) electrons. The van der Waals surface area contributed by atoms with Gasteiger partial charge in [0.1, 0.15) is 84.3 Å². The van der Waals surface area contributed by atoms with Gasteiger partial charge in [-0.25, -0.2) is 4.98 Å². The number of nitrogens with one attached hydrogen (secondary N) is 16. The summed E-state index contributed by atoms with van der Waals surface area (Å²) in [4.78, 5) is 249. The Morgan fingerprint density at radius 3 is 1.37 bits per heavy atom. The maximum absolute atomic E-state index is 15.2. The van der Waals surface area contributed by atoms with Crippen molar-refractivity contribution in [3.63, 3.8) is 0 Å². The van der Waals surface area contributed by atoms with Crippen LogP contribution in [0.25, 0.3) is 11.1 Å². The number of primary amides is 1. The van der Waals surface area contributed by atoms with Gasteiger partial charge in [-0.15, -0.1) is 11.8 Å². The number of phenols is 1. The number of unbranched alkanes of at least 4 members (excludes halogenated alkanes) is 6. The normalized spacial score (nSPS) is 22.8. The third-order valence-corrected chi connectivity index (χ3v) is 21.7. The summed E-state index contributed by atoms with van der Waals surface area (Å²) in [6.45, 7) is 11.6. The number of carbonyl (C=O) groups excluding carboxylic acids is 14. The number of aromatic amines is 1. The number of rotatable bonds is 34. The molecule has 24 N–H and O–H groups in total. The molecule has 0 saturated carbocycles. The molecule has 0 spiro atoms. The highest BCUT2D eigenvalue weighted by Crippen LogP contribution is 2.22. The van der Waals surface area contributed by atoms with E-state index in [0.29, 0.717) is 55.3 Å². The summed E-state index contributed by atoms with van der Waals surface area (Å²) < 4.78 is 0. The van der Waals surface area contributed by atoms with E-state index in [1.165, 1.54) is 57.6 Å². The van der Waals surface area contributed by atoms with Crippen LogP contribution in [0.4, 0.5) is 0 Å². The fourth-order valence-electron chi connectivity index (χ4n) is 13.6. The molecule has 40 nitrogen and oxygen atoms in total. The number of hydrogen-bond donors (Lipinski definition) is 22. The lowest BCUT2D eigenvalue weighted by molar-refractivity contribution is -0.142. The predicted molar refractivity (Wildman–Crippen MR) is 469 cm³/mol. The molecule has 0 unspecified atom stereocenters. The summed E-state index contributed by atoms with van der Waals surface area (Å²) in [5.41, 5.74) is 14.2. The van der Waals surface area contributed by atoms with Gasteiger partial charge in [-0.2, -0.15) is 0 Å². The zero-order valence-corrected chi connectivity index (χ0v) is 73.6. The van der Waals surface area contributed by atoms with E-state index in [1.54, 1.807) is 38.1 Å². The molecule has 5 rings (SSSR count). The number of hydrogen-bond acceptors (Lipinski definition) is 21. The molecule has 1 saturated heterocycles. The van der Waals surface area contributed by atoms with Crippen LogP contribution in [0.1, 0.15) is 187 Å². The summed E-state index contributed by atoms with van der Waals surface area (Å²) in [6.07, 6.45) is 2.03. The summed E-state index contributed by atoms with van der Waals surface area (Å²) in [6, 6.07) is 0.374. The van der Waals surface area contributed by atoms with Gasteiger partial charge in [-0.05, 0) is 111 Å². The Morgan fingerprint density at radius 2 is 0.890 bits per heavy atom. The number of carbonyl (C=O) groups is 17. The Kier molecular flexibility index (Phi) is 45.3. The quantitative estimate of drug-likeness (QED) is 0.0175. The van der Waals surface area contributed by atoms with Gasteiger partial charge in [0, 0.05) is 44.2 Å². The number of imidazole rings is 1. The number of thioether (sulfide) groups is 1. The number of guanidine groups is 1. The molecular formula is C86H125N19O21S. The van der Waals surface area contributed by atoms with Crippen molar-refractivity contribution >= 4 is 118 Å². The molecule has 1 fully saturated rings. The molecular weight excluding hydrogens is 1670 g/mol. The summed E-state index contributed by atoms with van der Waals surface area (Å²) in [7, 11) is 0. The smallest absolute Gasteiger partial charge is 0.305 e. The van der Waals surface area contributed by atoms with Crippen molar-refractivity contribution in [2.24, 2.45) is 23.3 Å². The largest absolute Gasteiger partial charge is 0.508 e. The molecule has 1 aliphatic heterocycles. The van der Waals surface area contributed by atoms with E-state index < -0.39 is 235 Å². The number of amides is 14. The third kappa shape index (κ3) is 38.7. The minimum atomic E-state index is -2.12. The Bertz CT molecular complexity index is 4350. The van der Waals surface area contributed by atoms with Crippen molar-refractivity contribution < 1.29 is 102 Å². The molecule has 13 atom stereocenters. The number of H-pyrrole nitrogens is 1. The van der Waals surface area contributed by atoms with Gasteiger partial charge in [0.2, 0.25) is 82.7 Å². The lowest BCUT2D eigenvalue weighted by atomic mass is 9.97. The zero-order chi connectivity index (χ0) is 93.8. The van der Waals surface area contributed by atoms with E-state index >= 15 is 14.4 Å². The van der Waals surface area contributed by atoms with Gasteiger partial charge in [0.25, 0.3) is 0 Å². The van der Waals surface area contributed by atoms with Crippen LogP contribution in [0.5, 0.6) is 5.75 Å². The van der Waals surface area contributed by atoms with Crippen LogP contribution in [-0.2, 0) is 101 Å².